The Morgan fingerprint density at radius 1 is 1.14 bits per heavy atom. The highest BCUT2D eigenvalue weighted by molar-refractivity contribution is 9.10. The van der Waals surface area contributed by atoms with E-state index in [1.165, 1.54) is 0 Å². The molecule has 5 heteroatoms. The molecule has 0 saturated heterocycles. The Bertz CT molecular complexity index is 513. The number of hydrogen-bond donors (Lipinski definition) is 0. The van der Waals surface area contributed by atoms with Crippen LogP contribution in [0.2, 0.25) is 15.3 Å². The fourth-order valence-corrected chi connectivity index (χ4v) is 2.50. The fraction of sp³-hybridized carbons (Fsp3) is 0. The molecule has 0 unspecified atom stereocenters. The Kier molecular flexibility index (Phi) is 2.89. The number of fused-ring (bicyclic) bond motifs is 1. The smallest absolute Gasteiger partial charge is 0.140 e. The molecule has 0 aliphatic heterocycles. The number of rotatable bonds is 0. The third-order valence-electron chi connectivity index (χ3n) is 1.82. The van der Waals surface area contributed by atoms with Gasteiger partial charge in [-0.25, -0.2) is 4.98 Å². The second kappa shape index (κ2) is 3.86. The first-order chi connectivity index (χ1) is 6.59. The summed E-state index contributed by atoms with van der Waals surface area (Å²) in [5.74, 6) is 0. The van der Waals surface area contributed by atoms with Crippen LogP contribution in [0.4, 0.5) is 0 Å². The topological polar surface area (TPSA) is 12.9 Å². The maximum Gasteiger partial charge on any atom is 0.140 e. The van der Waals surface area contributed by atoms with Crippen molar-refractivity contribution in [1.82, 2.24) is 4.98 Å². The van der Waals surface area contributed by atoms with Gasteiger partial charge in [0, 0.05) is 15.2 Å². The number of pyridine rings is 1. The first-order valence-electron chi connectivity index (χ1n) is 3.69. The normalized spacial score (nSPS) is 10.9. The third-order valence-corrected chi connectivity index (χ3v) is 3.29. The van der Waals surface area contributed by atoms with E-state index in [4.69, 9.17) is 34.8 Å². The van der Waals surface area contributed by atoms with Gasteiger partial charge in [0.15, 0.2) is 0 Å². The number of aromatic nitrogens is 1. The molecule has 0 spiro atoms. The molecule has 72 valence electrons. The minimum Gasteiger partial charge on any atom is -0.224 e. The van der Waals surface area contributed by atoms with E-state index in [0.717, 1.165) is 9.86 Å². The molecule has 1 aromatic carbocycles. The zero-order chi connectivity index (χ0) is 10.3. The molecule has 1 nitrogen and oxygen atoms in total. The summed E-state index contributed by atoms with van der Waals surface area (Å²) in [6, 6.07) is 5.32. The van der Waals surface area contributed by atoms with Gasteiger partial charge in [0.05, 0.1) is 5.02 Å². The van der Waals surface area contributed by atoms with Gasteiger partial charge in [0.1, 0.15) is 10.3 Å². The van der Waals surface area contributed by atoms with Gasteiger partial charge in [-0.3, -0.25) is 0 Å². The van der Waals surface area contributed by atoms with Crippen molar-refractivity contribution in [2.75, 3.05) is 0 Å². The lowest BCUT2D eigenvalue weighted by atomic mass is 10.2. The lowest BCUT2D eigenvalue weighted by Crippen LogP contribution is -1.83. The maximum absolute atomic E-state index is 6.00. The van der Waals surface area contributed by atoms with Gasteiger partial charge in [-0.2, -0.15) is 0 Å². The van der Waals surface area contributed by atoms with Crippen molar-refractivity contribution in [2.45, 2.75) is 0 Å². The Morgan fingerprint density at radius 2 is 1.86 bits per heavy atom. The van der Waals surface area contributed by atoms with Gasteiger partial charge in [-0.15, -0.1) is 0 Å². The molecule has 0 fully saturated rings. The van der Waals surface area contributed by atoms with E-state index in [0.29, 0.717) is 20.7 Å². The summed E-state index contributed by atoms with van der Waals surface area (Å²) in [4.78, 5) is 3.93. The van der Waals surface area contributed by atoms with Crippen LogP contribution >= 0.6 is 50.7 Å². The van der Waals surface area contributed by atoms with Crippen LogP contribution in [0.15, 0.2) is 22.7 Å². The molecular formula is C9H3BrCl3N. The quantitative estimate of drug-likeness (QED) is 0.627. The van der Waals surface area contributed by atoms with Crippen molar-refractivity contribution >= 4 is 61.5 Å². The molecule has 2 aromatic rings. The highest BCUT2D eigenvalue weighted by atomic mass is 79.9. The van der Waals surface area contributed by atoms with E-state index in [-0.39, 0.29) is 0 Å². The summed E-state index contributed by atoms with van der Waals surface area (Å²) in [7, 11) is 0. The molecule has 14 heavy (non-hydrogen) atoms. The molecule has 0 N–H and O–H groups in total. The number of benzene rings is 1. The molecule has 0 bridgehead atoms. The lowest BCUT2D eigenvalue weighted by Gasteiger charge is -2.04. The van der Waals surface area contributed by atoms with Crippen LogP contribution < -0.4 is 0 Å². The van der Waals surface area contributed by atoms with Crippen LogP contribution in [0.1, 0.15) is 0 Å². The molecule has 2 rings (SSSR count). The van der Waals surface area contributed by atoms with Crippen molar-refractivity contribution < 1.29 is 0 Å². The SMILES string of the molecule is Clc1cc2c(Br)ccc(Cl)c2c(Cl)n1. The summed E-state index contributed by atoms with van der Waals surface area (Å²) in [5.41, 5.74) is 0. The third kappa shape index (κ3) is 1.72. The molecule has 1 aromatic heterocycles. The van der Waals surface area contributed by atoms with Crippen molar-refractivity contribution in [2.24, 2.45) is 0 Å². The van der Waals surface area contributed by atoms with E-state index in [1.807, 2.05) is 6.07 Å². The first-order valence-corrected chi connectivity index (χ1v) is 5.62. The van der Waals surface area contributed by atoms with Crippen molar-refractivity contribution in [3.05, 3.63) is 38.0 Å². The van der Waals surface area contributed by atoms with Gasteiger partial charge in [0.2, 0.25) is 0 Å². The molecule has 0 saturated carbocycles. The Hall–Kier alpha value is -0.0200. The Balaban J connectivity index is 3.00. The second-order valence-corrected chi connectivity index (χ2v) is 4.69. The molecule has 0 radical (unpaired) electrons. The number of hydrogen-bond acceptors (Lipinski definition) is 1. The molecule has 0 amide bonds. The summed E-state index contributed by atoms with van der Waals surface area (Å²) in [6.45, 7) is 0. The predicted octanol–water partition coefficient (Wildman–Crippen LogP) is 4.96. The van der Waals surface area contributed by atoms with Crippen LogP contribution in [0, 0.1) is 0 Å². The van der Waals surface area contributed by atoms with Crippen LogP contribution in [0.25, 0.3) is 10.8 Å². The van der Waals surface area contributed by atoms with Crippen LogP contribution in [-0.4, -0.2) is 4.98 Å². The molecule has 0 aliphatic carbocycles. The Morgan fingerprint density at radius 3 is 2.57 bits per heavy atom. The van der Waals surface area contributed by atoms with Crippen LogP contribution in [0.3, 0.4) is 0 Å². The van der Waals surface area contributed by atoms with E-state index < -0.39 is 0 Å². The average molecular weight is 311 g/mol. The zero-order valence-corrected chi connectivity index (χ0v) is 10.5. The van der Waals surface area contributed by atoms with Crippen LogP contribution in [0.5, 0.6) is 0 Å². The Labute approximate surface area is 104 Å². The predicted molar refractivity (Wildman–Crippen MR) is 64.5 cm³/mol. The van der Waals surface area contributed by atoms with Gasteiger partial charge in [-0.05, 0) is 18.2 Å². The second-order valence-electron chi connectivity index (χ2n) is 2.69. The van der Waals surface area contributed by atoms with Crippen molar-refractivity contribution in [1.29, 1.82) is 0 Å². The molecular weight excluding hydrogens is 308 g/mol. The minimum absolute atomic E-state index is 0.318. The van der Waals surface area contributed by atoms with Crippen LogP contribution in [-0.2, 0) is 0 Å². The highest BCUT2D eigenvalue weighted by Gasteiger charge is 2.09. The highest BCUT2D eigenvalue weighted by Crippen LogP contribution is 2.35. The molecule has 0 atom stereocenters. The standard InChI is InChI=1S/C9H3BrCl3N/c10-5-1-2-6(11)8-4(5)3-7(12)14-9(8)13/h1-3H. The summed E-state index contributed by atoms with van der Waals surface area (Å²) in [6.07, 6.45) is 0. The van der Waals surface area contributed by atoms with Gasteiger partial charge in [-0.1, -0.05) is 50.7 Å². The minimum atomic E-state index is 0.318. The van der Waals surface area contributed by atoms with E-state index in [1.54, 1.807) is 12.1 Å². The van der Waals surface area contributed by atoms with E-state index in [9.17, 15) is 0 Å². The van der Waals surface area contributed by atoms with Crippen molar-refractivity contribution in [3.63, 3.8) is 0 Å². The lowest BCUT2D eigenvalue weighted by molar-refractivity contribution is 1.36. The molecule has 1 heterocycles. The van der Waals surface area contributed by atoms with E-state index >= 15 is 0 Å². The van der Waals surface area contributed by atoms with Gasteiger partial charge < -0.3 is 0 Å². The van der Waals surface area contributed by atoms with Crippen molar-refractivity contribution in [3.8, 4) is 0 Å². The largest absolute Gasteiger partial charge is 0.224 e. The first kappa shape index (κ1) is 10.5. The fourth-order valence-electron chi connectivity index (χ4n) is 1.22. The summed E-state index contributed by atoms with van der Waals surface area (Å²) >= 11 is 21.1. The number of nitrogens with zero attached hydrogens (tertiary/aromatic N) is 1. The average Bonchev–Trinajstić information content (AvgIpc) is 2.10. The van der Waals surface area contributed by atoms with Gasteiger partial charge >= 0.3 is 0 Å². The van der Waals surface area contributed by atoms with Gasteiger partial charge in [0.25, 0.3) is 0 Å². The van der Waals surface area contributed by atoms with E-state index in [2.05, 4.69) is 20.9 Å². The summed E-state index contributed by atoms with van der Waals surface area (Å²) < 4.78 is 0.892. The zero-order valence-electron chi connectivity index (χ0n) is 6.69. The number of halogens is 4. The monoisotopic (exact) mass is 309 g/mol. The molecule has 0 aliphatic rings. The summed E-state index contributed by atoms with van der Waals surface area (Å²) in [5, 5.41) is 2.82. The maximum atomic E-state index is 6.00.